The summed E-state index contributed by atoms with van der Waals surface area (Å²) >= 11 is 0. The Bertz CT molecular complexity index is 1430. The van der Waals surface area contributed by atoms with E-state index in [-0.39, 0.29) is 36.5 Å². The lowest BCUT2D eigenvalue weighted by molar-refractivity contribution is -0.179. The average Bonchev–Trinajstić information content (AvgIpc) is 3.76. The SMILES string of the molecule is CO[C@H]1C[C@H]2C=CC3C4C(O)[C@@H](C)[C@@H](OC(=O)C5=CC=CC5)[C@@H]3O[C@]42/C(C)=C/[C@@H](C)[C@@H]([C@@H](C)OC(=O)Cc2ncn[nH]2)OC1=O. The number of H-pyrrole nitrogens is 1. The maximum absolute atomic E-state index is 13.6. The van der Waals surface area contributed by atoms with Crippen LogP contribution in [0.5, 0.6) is 0 Å². The Balaban J connectivity index is 1.32. The van der Waals surface area contributed by atoms with Crippen LogP contribution >= 0.6 is 0 Å². The highest BCUT2D eigenvalue weighted by molar-refractivity contribution is 5.90. The first kappa shape index (κ1) is 31.4. The molecule has 1 saturated carbocycles. The van der Waals surface area contributed by atoms with Gasteiger partial charge in [-0.2, -0.15) is 5.10 Å². The molecule has 12 atom stereocenters. The largest absolute Gasteiger partial charge is 0.458 e. The second-order valence-electron chi connectivity index (χ2n) is 12.9. The highest BCUT2D eigenvalue weighted by Crippen LogP contribution is 2.61. The predicted octanol–water partition coefficient (Wildman–Crippen LogP) is 2.56. The molecule has 2 aliphatic heterocycles. The molecule has 45 heavy (non-hydrogen) atoms. The molecule has 2 fully saturated rings. The fourth-order valence-corrected chi connectivity index (χ4v) is 8.05. The van der Waals surface area contributed by atoms with E-state index in [1.165, 1.54) is 13.4 Å². The smallest absolute Gasteiger partial charge is 0.335 e. The fraction of sp³-hybridized carbons (Fsp3) is 0.606. The number of hydrogen-bond acceptors (Lipinski definition) is 11. The van der Waals surface area contributed by atoms with E-state index in [9.17, 15) is 19.5 Å². The summed E-state index contributed by atoms with van der Waals surface area (Å²) in [4.78, 5) is 43.3. The van der Waals surface area contributed by atoms with Crippen molar-refractivity contribution < 1.29 is 43.2 Å². The number of hydrogen-bond donors (Lipinski definition) is 2. The van der Waals surface area contributed by atoms with Crippen molar-refractivity contribution >= 4 is 17.9 Å². The molecule has 1 saturated heterocycles. The van der Waals surface area contributed by atoms with Crippen LogP contribution in [-0.4, -0.2) is 87.5 Å². The molecule has 0 amide bonds. The molecule has 5 aliphatic rings. The number of carbonyl (C=O) groups excluding carboxylic acids is 3. The van der Waals surface area contributed by atoms with Crippen LogP contribution in [0.4, 0.5) is 0 Å². The molecule has 3 unspecified atom stereocenters. The van der Waals surface area contributed by atoms with Crippen molar-refractivity contribution in [2.24, 2.45) is 29.6 Å². The zero-order valence-corrected chi connectivity index (χ0v) is 26.1. The highest BCUT2D eigenvalue weighted by Gasteiger charge is 2.69. The lowest BCUT2D eigenvalue weighted by Gasteiger charge is -2.49. The van der Waals surface area contributed by atoms with E-state index in [0.717, 1.165) is 5.57 Å². The fourth-order valence-electron chi connectivity index (χ4n) is 8.05. The summed E-state index contributed by atoms with van der Waals surface area (Å²) < 4.78 is 30.5. The van der Waals surface area contributed by atoms with Crippen molar-refractivity contribution in [1.82, 2.24) is 15.2 Å². The van der Waals surface area contributed by atoms with E-state index >= 15 is 0 Å². The number of aliphatic hydroxyl groups is 1. The van der Waals surface area contributed by atoms with Gasteiger partial charge in [-0.1, -0.05) is 50.3 Å². The summed E-state index contributed by atoms with van der Waals surface area (Å²) in [5.74, 6) is -2.85. The van der Waals surface area contributed by atoms with Crippen LogP contribution in [0.15, 0.2) is 53.9 Å². The standard InChI is InChI=1S/C33H41N3O9/c1-16-12-17(2)33-21(13-23(41-5)32(40)43-28(16)19(4)42-25(37)14-24-34-15-35-36-24)10-11-22-26(33)27(38)18(3)29(30(22)45-33)44-31(39)20-8-6-7-9-20/h6-8,10-12,15-16,18-19,21-23,26-30,38H,9,13-14H2,1-5H3,(H,34,35,36)/b17-12+/t16-,18-,19-,21-,22?,23+,26?,27?,28+,29-,30-,33+/m1/s1. The summed E-state index contributed by atoms with van der Waals surface area (Å²) in [6.45, 7) is 7.44. The Morgan fingerprint density at radius 1 is 1.27 bits per heavy atom. The number of nitrogens with zero attached hydrogens (tertiary/aromatic N) is 2. The maximum Gasteiger partial charge on any atom is 0.335 e. The Morgan fingerprint density at radius 3 is 2.76 bits per heavy atom. The third-order valence-electron chi connectivity index (χ3n) is 10.2. The third-order valence-corrected chi connectivity index (χ3v) is 10.2. The van der Waals surface area contributed by atoms with Crippen molar-refractivity contribution in [3.8, 4) is 0 Å². The molecule has 12 nitrogen and oxygen atoms in total. The summed E-state index contributed by atoms with van der Waals surface area (Å²) in [5.41, 5.74) is 0.436. The third kappa shape index (κ3) is 5.46. The van der Waals surface area contributed by atoms with Gasteiger partial charge in [0.25, 0.3) is 0 Å². The average molecular weight is 624 g/mol. The summed E-state index contributed by atoms with van der Waals surface area (Å²) in [7, 11) is 1.45. The van der Waals surface area contributed by atoms with Gasteiger partial charge in [0, 0.05) is 42.3 Å². The molecule has 0 radical (unpaired) electrons. The molecule has 6 rings (SSSR count). The molecule has 1 aromatic heterocycles. The van der Waals surface area contributed by atoms with Crippen LogP contribution in [0, 0.1) is 29.6 Å². The van der Waals surface area contributed by atoms with Gasteiger partial charge in [-0.3, -0.25) is 9.89 Å². The predicted molar refractivity (Wildman–Crippen MR) is 158 cm³/mol. The van der Waals surface area contributed by atoms with Crippen molar-refractivity contribution in [1.29, 1.82) is 0 Å². The second-order valence-corrected chi connectivity index (χ2v) is 12.9. The molecule has 3 aliphatic carbocycles. The van der Waals surface area contributed by atoms with Gasteiger partial charge >= 0.3 is 17.9 Å². The molecule has 2 N–H and O–H groups in total. The summed E-state index contributed by atoms with van der Waals surface area (Å²) in [5, 5.41) is 18.3. The van der Waals surface area contributed by atoms with Gasteiger partial charge < -0.3 is 28.8 Å². The van der Waals surface area contributed by atoms with Crippen molar-refractivity contribution in [2.75, 3.05) is 7.11 Å². The minimum atomic E-state index is -0.994. The molecule has 242 valence electrons. The number of aliphatic hydroxyl groups excluding tert-OH is 1. The Morgan fingerprint density at radius 2 is 2.07 bits per heavy atom. The lowest BCUT2D eigenvalue weighted by Crippen LogP contribution is -2.57. The van der Waals surface area contributed by atoms with Crippen molar-refractivity contribution in [2.45, 2.75) is 89.2 Å². The molecule has 3 heterocycles. The van der Waals surface area contributed by atoms with Crippen LogP contribution < -0.4 is 0 Å². The van der Waals surface area contributed by atoms with Gasteiger partial charge in [-0.25, -0.2) is 14.6 Å². The first-order chi connectivity index (χ1) is 21.5. The minimum Gasteiger partial charge on any atom is -0.458 e. The van der Waals surface area contributed by atoms with E-state index in [4.69, 9.17) is 23.7 Å². The number of carbonyl (C=O) groups is 3. The van der Waals surface area contributed by atoms with Gasteiger partial charge in [0.05, 0.1) is 6.10 Å². The Labute approximate surface area is 261 Å². The minimum absolute atomic E-state index is 0.111. The van der Waals surface area contributed by atoms with E-state index < -0.39 is 66.1 Å². The number of nitrogens with one attached hydrogen (secondary N) is 1. The van der Waals surface area contributed by atoms with Crippen LogP contribution in [0.25, 0.3) is 0 Å². The maximum atomic E-state index is 13.6. The van der Waals surface area contributed by atoms with Gasteiger partial charge in [0.2, 0.25) is 0 Å². The molecule has 0 aromatic carbocycles. The zero-order chi connectivity index (χ0) is 32.0. The highest BCUT2D eigenvalue weighted by atomic mass is 16.6. The zero-order valence-electron chi connectivity index (χ0n) is 26.1. The van der Waals surface area contributed by atoms with E-state index in [0.29, 0.717) is 17.8 Å². The van der Waals surface area contributed by atoms with Crippen molar-refractivity contribution in [3.63, 3.8) is 0 Å². The lowest BCUT2D eigenvalue weighted by atomic mass is 9.57. The van der Waals surface area contributed by atoms with Gasteiger partial charge in [0.1, 0.15) is 48.6 Å². The van der Waals surface area contributed by atoms with Crippen LogP contribution in [0.3, 0.4) is 0 Å². The first-order valence-corrected chi connectivity index (χ1v) is 15.6. The number of aromatic amines is 1. The first-order valence-electron chi connectivity index (χ1n) is 15.6. The number of esters is 3. The van der Waals surface area contributed by atoms with E-state index in [2.05, 4.69) is 15.2 Å². The number of rotatable bonds is 7. The molecule has 1 aromatic rings. The molecular weight excluding hydrogens is 582 g/mol. The second kappa shape index (κ2) is 12.3. The number of methoxy groups -OCH3 is 1. The number of cyclic esters (lactones) is 1. The van der Waals surface area contributed by atoms with Crippen molar-refractivity contribution in [3.05, 3.63) is 59.8 Å². The Kier molecular flexibility index (Phi) is 8.57. The summed E-state index contributed by atoms with van der Waals surface area (Å²) in [6.07, 6.45) is 8.90. The quantitative estimate of drug-likeness (QED) is 0.261. The molecule has 4 bridgehead atoms. The molecule has 12 heteroatoms. The van der Waals surface area contributed by atoms with Gasteiger partial charge in [-0.15, -0.1) is 0 Å². The molecule has 1 spiro atoms. The normalized spacial score (nSPS) is 40.4. The van der Waals surface area contributed by atoms with E-state index in [1.54, 1.807) is 13.0 Å². The van der Waals surface area contributed by atoms with Crippen LogP contribution in [0.1, 0.15) is 46.4 Å². The van der Waals surface area contributed by atoms with Gasteiger partial charge in [0.15, 0.2) is 6.10 Å². The van der Waals surface area contributed by atoms with E-state index in [1.807, 2.05) is 51.2 Å². The van der Waals surface area contributed by atoms with Crippen LogP contribution in [0.2, 0.25) is 0 Å². The Hall–Kier alpha value is -3.61. The summed E-state index contributed by atoms with van der Waals surface area (Å²) in [6, 6.07) is 0. The van der Waals surface area contributed by atoms with Crippen LogP contribution in [-0.2, 0) is 44.5 Å². The monoisotopic (exact) mass is 623 g/mol. The number of aromatic nitrogens is 3. The topological polar surface area (TPSA) is 159 Å². The molecular formula is C33H41N3O9. The number of ether oxygens (including phenoxy) is 5. The number of allylic oxidation sites excluding steroid dienone is 3. The van der Waals surface area contributed by atoms with Gasteiger partial charge in [-0.05, 0) is 32.3 Å².